The number of rotatable bonds is 6. The van der Waals surface area contributed by atoms with Crippen LogP contribution in [-0.2, 0) is 4.79 Å². The maximum absolute atomic E-state index is 11.8. The number of nitrogens with two attached hydrogens (primary N) is 1. The summed E-state index contributed by atoms with van der Waals surface area (Å²) in [5.41, 5.74) is 6.83. The highest BCUT2D eigenvalue weighted by Gasteiger charge is 2.06. The summed E-state index contributed by atoms with van der Waals surface area (Å²) in [7, 11) is 0. The Balaban J connectivity index is 1.72. The molecule has 0 radical (unpaired) electrons. The van der Waals surface area contributed by atoms with Crippen molar-refractivity contribution < 1.29 is 4.79 Å². The Bertz CT molecular complexity index is 609. The number of aromatic nitrogens is 2. The van der Waals surface area contributed by atoms with E-state index in [-0.39, 0.29) is 5.91 Å². The molecule has 110 valence electrons. The Morgan fingerprint density at radius 3 is 2.81 bits per heavy atom. The molecule has 0 bridgehead atoms. The Morgan fingerprint density at radius 1 is 1.33 bits per heavy atom. The Labute approximate surface area is 132 Å². The van der Waals surface area contributed by atoms with Crippen molar-refractivity contribution in [3.63, 3.8) is 0 Å². The molecule has 1 heterocycles. The number of nitrogens with one attached hydrogen (secondary N) is 1. The summed E-state index contributed by atoms with van der Waals surface area (Å²) in [6.07, 6.45) is 4.56. The van der Waals surface area contributed by atoms with Crippen molar-refractivity contribution in [1.29, 1.82) is 0 Å². The Morgan fingerprint density at radius 2 is 2.10 bits per heavy atom. The minimum absolute atomic E-state index is 0.0707. The van der Waals surface area contributed by atoms with E-state index in [1.807, 2.05) is 0 Å². The van der Waals surface area contributed by atoms with Gasteiger partial charge in [0.05, 0.1) is 11.4 Å². The first-order valence-electron chi connectivity index (χ1n) is 6.40. The first-order chi connectivity index (χ1) is 10.1. The summed E-state index contributed by atoms with van der Waals surface area (Å²) in [5, 5.41) is 4.04. The molecule has 2 rings (SSSR count). The average molecular weight is 323 g/mol. The monoisotopic (exact) mass is 322 g/mol. The van der Waals surface area contributed by atoms with Gasteiger partial charge in [0, 0.05) is 29.6 Å². The quantitative estimate of drug-likeness (QED) is 0.369. The van der Waals surface area contributed by atoms with Crippen molar-refractivity contribution >= 4 is 40.6 Å². The van der Waals surface area contributed by atoms with Gasteiger partial charge in [-0.25, -0.2) is 9.97 Å². The number of nitrogens with zero attached hydrogens (tertiary/aromatic N) is 2. The van der Waals surface area contributed by atoms with E-state index in [1.54, 1.807) is 36.7 Å². The lowest BCUT2D eigenvalue weighted by Gasteiger charge is -2.08. The lowest BCUT2D eigenvalue weighted by molar-refractivity contribution is -0.116. The van der Waals surface area contributed by atoms with Crippen molar-refractivity contribution in [3.8, 4) is 0 Å². The maximum atomic E-state index is 11.8. The molecule has 1 aromatic carbocycles. The summed E-state index contributed by atoms with van der Waals surface area (Å²) in [6.45, 7) is 0. The average Bonchev–Trinajstić information content (AvgIpc) is 2.48. The smallest absolute Gasteiger partial charge is 0.224 e. The van der Waals surface area contributed by atoms with Crippen molar-refractivity contribution in [2.24, 2.45) is 0 Å². The normalized spacial score (nSPS) is 10.3. The lowest BCUT2D eigenvalue weighted by Crippen LogP contribution is -2.12. The van der Waals surface area contributed by atoms with Gasteiger partial charge in [-0.1, -0.05) is 23.4 Å². The molecule has 1 aromatic heterocycles. The van der Waals surface area contributed by atoms with Gasteiger partial charge in [0.15, 0.2) is 5.16 Å². The molecule has 3 N–H and O–H groups in total. The number of nitrogen functional groups attached to an aromatic ring is 1. The molecule has 0 spiro atoms. The van der Waals surface area contributed by atoms with E-state index >= 15 is 0 Å². The summed E-state index contributed by atoms with van der Waals surface area (Å²) in [6, 6.07) is 6.77. The second kappa shape index (κ2) is 7.85. The van der Waals surface area contributed by atoms with Crippen LogP contribution in [0.1, 0.15) is 12.8 Å². The topological polar surface area (TPSA) is 80.9 Å². The number of hydrogen-bond donors (Lipinski definition) is 2. The van der Waals surface area contributed by atoms with Crippen LogP contribution < -0.4 is 11.1 Å². The van der Waals surface area contributed by atoms with Crippen LogP contribution in [-0.4, -0.2) is 21.6 Å². The second-order valence-corrected chi connectivity index (χ2v) is 5.76. The third-order valence-electron chi connectivity index (χ3n) is 2.61. The largest absolute Gasteiger partial charge is 0.397 e. The SMILES string of the molecule is Nc1cc(Cl)ccc1NC(=O)CCCSc1ncccn1. The van der Waals surface area contributed by atoms with Crippen molar-refractivity contribution in [2.45, 2.75) is 18.0 Å². The van der Waals surface area contributed by atoms with Gasteiger partial charge in [0.25, 0.3) is 0 Å². The zero-order valence-corrected chi connectivity index (χ0v) is 12.8. The van der Waals surface area contributed by atoms with Crippen LogP contribution in [0.3, 0.4) is 0 Å². The standard InChI is InChI=1S/C14H15ClN4OS/c15-10-4-5-12(11(16)9-10)19-13(20)3-1-8-21-14-17-6-2-7-18-14/h2,4-7,9H,1,3,8,16H2,(H,19,20). The van der Waals surface area contributed by atoms with Crippen molar-refractivity contribution in [1.82, 2.24) is 9.97 Å². The van der Waals surface area contributed by atoms with Gasteiger partial charge in [0.1, 0.15) is 0 Å². The predicted molar refractivity (Wildman–Crippen MR) is 86.5 cm³/mol. The molecule has 0 unspecified atom stereocenters. The lowest BCUT2D eigenvalue weighted by atomic mass is 10.2. The number of carbonyl (C=O) groups excluding carboxylic acids is 1. The number of amides is 1. The van der Waals surface area contributed by atoms with E-state index in [2.05, 4.69) is 15.3 Å². The van der Waals surface area contributed by atoms with E-state index in [1.165, 1.54) is 11.8 Å². The van der Waals surface area contributed by atoms with Crippen LogP contribution in [0.4, 0.5) is 11.4 Å². The molecule has 0 aliphatic rings. The van der Waals surface area contributed by atoms with Crippen LogP contribution in [0.5, 0.6) is 0 Å². The molecule has 5 nitrogen and oxygen atoms in total. The maximum Gasteiger partial charge on any atom is 0.224 e. The third kappa shape index (κ3) is 5.24. The summed E-state index contributed by atoms with van der Waals surface area (Å²) in [5.74, 6) is 0.715. The minimum atomic E-state index is -0.0707. The van der Waals surface area contributed by atoms with Gasteiger partial charge in [-0.15, -0.1) is 0 Å². The molecule has 0 saturated heterocycles. The molecule has 0 fully saturated rings. The summed E-state index contributed by atoms with van der Waals surface area (Å²) in [4.78, 5) is 20.0. The van der Waals surface area contributed by atoms with E-state index in [9.17, 15) is 4.79 Å². The fourth-order valence-corrected chi connectivity index (χ4v) is 2.54. The van der Waals surface area contributed by atoms with Gasteiger partial charge < -0.3 is 11.1 Å². The first kappa shape index (κ1) is 15.6. The first-order valence-corrected chi connectivity index (χ1v) is 7.76. The van der Waals surface area contributed by atoms with E-state index < -0.39 is 0 Å². The van der Waals surface area contributed by atoms with Crippen LogP contribution >= 0.6 is 23.4 Å². The molecular weight excluding hydrogens is 308 g/mol. The number of hydrogen-bond acceptors (Lipinski definition) is 5. The zero-order chi connectivity index (χ0) is 15.1. The molecular formula is C14H15ClN4OS. The highest BCUT2D eigenvalue weighted by molar-refractivity contribution is 7.99. The molecule has 0 aliphatic heterocycles. The van der Waals surface area contributed by atoms with Crippen LogP contribution in [0.15, 0.2) is 41.8 Å². The van der Waals surface area contributed by atoms with Crippen molar-refractivity contribution in [3.05, 3.63) is 41.7 Å². The van der Waals surface area contributed by atoms with Crippen LogP contribution in [0, 0.1) is 0 Å². The van der Waals surface area contributed by atoms with E-state index in [4.69, 9.17) is 17.3 Å². The minimum Gasteiger partial charge on any atom is -0.397 e. The molecule has 0 atom stereocenters. The number of benzene rings is 1. The molecule has 2 aromatic rings. The molecule has 0 aliphatic carbocycles. The number of thioether (sulfide) groups is 1. The van der Waals surface area contributed by atoms with Gasteiger partial charge in [0.2, 0.25) is 5.91 Å². The van der Waals surface area contributed by atoms with Crippen LogP contribution in [0.25, 0.3) is 0 Å². The zero-order valence-electron chi connectivity index (χ0n) is 11.3. The highest BCUT2D eigenvalue weighted by atomic mass is 35.5. The molecule has 1 amide bonds. The molecule has 0 saturated carbocycles. The summed E-state index contributed by atoms with van der Waals surface area (Å²) < 4.78 is 0. The fourth-order valence-electron chi connectivity index (χ4n) is 1.62. The predicted octanol–water partition coefficient (Wildman–Crippen LogP) is 3.22. The van der Waals surface area contributed by atoms with Gasteiger partial charge >= 0.3 is 0 Å². The Hall–Kier alpha value is -1.79. The highest BCUT2D eigenvalue weighted by Crippen LogP contribution is 2.23. The number of anilines is 2. The van der Waals surface area contributed by atoms with Gasteiger partial charge in [-0.3, -0.25) is 4.79 Å². The second-order valence-electron chi connectivity index (χ2n) is 4.26. The van der Waals surface area contributed by atoms with Crippen molar-refractivity contribution in [2.75, 3.05) is 16.8 Å². The van der Waals surface area contributed by atoms with E-state index in [0.29, 0.717) is 22.8 Å². The number of halogens is 1. The molecule has 21 heavy (non-hydrogen) atoms. The fraction of sp³-hybridized carbons (Fsp3) is 0.214. The third-order valence-corrected chi connectivity index (χ3v) is 3.81. The van der Waals surface area contributed by atoms with Gasteiger partial charge in [-0.05, 0) is 30.7 Å². The summed E-state index contributed by atoms with van der Waals surface area (Å²) >= 11 is 7.34. The van der Waals surface area contributed by atoms with E-state index in [0.717, 1.165) is 17.3 Å². The number of carbonyl (C=O) groups is 1. The van der Waals surface area contributed by atoms with Crippen LogP contribution in [0.2, 0.25) is 5.02 Å². The van der Waals surface area contributed by atoms with Gasteiger partial charge in [-0.2, -0.15) is 0 Å². The Kier molecular flexibility index (Phi) is 5.83. The molecule has 7 heteroatoms.